The molecule has 4 rings (SSSR count). The van der Waals surface area contributed by atoms with Crippen LogP contribution >= 0.6 is 11.8 Å². The monoisotopic (exact) mass is 1310 g/mol. The summed E-state index contributed by atoms with van der Waals surface area (Å²) in [4.78, 5) is 119. The number of carbonyl (C=O) groups excluding carboxylic acids is 7. The first kappa shape index (κ1) is 78.0. The zero-order chi connectivity index (χ0) is 67.7. The first-order valence-corrected chi connectivity index (χ1v) is 32.9. The van der Waals surface area contributed by atoms with Crippen LogP contribution in [0.4, 0.5) is 0 Å². The molecule has 3 amide bonds. The standard InChI is InChI=1S/C65H102N4O21S/c1-37-16-12-11-13-17-38(2)51(84-8)32-45-21-19-43(7)65(83,90-45)60(77)62(79)69-25-15-14-18-48(69)64(82)89-52(33-49(70)39(3)29-42(6)58(76)59(86-10)57(75)41(5)28-37)40(4)30-44-20-23-50(53(31-44)85-9)87-26-27-88-56(74)36-91-35-47(61(78)67-34-55(72)73)68-54(71)24-22-46(66)63(80)81/h11-13,16-17,29,37,39-41,43-48,50-53,58-60,76-77,83H,14-15,18-28,30-36,66H2,1-10H3,(H,67,78)(H,68,71)(H,72,73)(H,80,81)/b13-11+,16-12+,38-17+,42-29+/t37-,39-,40-,41-,43-,44+,45+,46+,47+,48+,50-,51+,52+,53-,58-,59+,60?,65-/m1/s1. The maximum atomic E-state index is 14.7. The third-order valence-electron chi connectivity index (χ3n) is 17.9. The van der Waals surface area contributed by atoms with Crippen molar-refractivity contribution in [3.05, 3.63) is 47.6 Å². The fraction of sp³-hybridized carbons (Fsp3) is 0.738. The number of aliphatic hydroxyl groups excluding tert-OH is 2. The van der Waals surface area contributed by atoms with Crippen LogP contribution in [-0.4, -0.2) is 215 Å². The minimum Gasteiger partial charge on any atom is -0.480 e. The predicted octanol–water partition coefficient (Wildman–Crippen LogP) is 4.15. The number of ketones is 2. The fourth-order valence-electron chi connectivity index (χ4n) is 12.2. The van der Waals surface area contributed by atoms with E-state index in [1.807, 2.05) is 51.2 Å². The summed E-state index contributed by atoms with van der Waals surface area (Å²) < 4.78 is 41.6. The Bertz CT molecular complexity index is 2560. The lowest BCUT2D eigenvalue weighted by molar-refractivity contribution is -0.317. The first-order chi connectivity index (χ1) is 43.0. The largest absolute Gasteiger partial charge is 0.480 e. The number of aliphatic hydroxyl groups is 3. The van der Waals surface area contributed by atoms with Crippen molar-refractivity contribution in [2.45, 2.75) is 211 Å². The van der Waals surface area contributed by atoms with E-state index in [-0.39, 0.29) is 80.3 Å². The average Bonchev–Trinajstić information content (AvgIpc) is 0.861. The van der Waals surface area contributed by atoms with Gasteiger partial charge in [-0.05, 0) is 113 Å². The molecule has 1 unspecified atom stereocenters. The Kier molecular flexibility index (Phi) is 33.2. The number of cyclic esters (lactones) is 1. The molecule has 3 heterocycles. The van der Waals surface area contributed by atoms with Crippen molar-refractivity contribution in [1.29, 1.82) is 0 Å². The van der Waals surface area contributed by atoms with Crippen molar-refractivity contribution in [1.82, 2.24) is 15.5 Å². The van der Waals surface area contributed by atoms with Crippen LogP contribution in [0.15, 0.2) is 47.6 Å². The molecule has 2 saturated heterocycles. The van der Waals surface area contributed by atoms with E-state index in [4.69, 9.17) is 49.1 Å². The van der Waals surface area contributed by atoms with Crippen LogP contribution in [0.3, 0.4) is 0 Å². The van der Waals surface area contributed by atoms with Gasteiger partial charge in [0.05, 0.1) is 36.8 Å². The number of hydrogen-bond acceptors (Lipinski definition) is 21. The van der Waals surface area contributed by atoms with Crippen LogP contribution in [0.2, 0.25) is 0 Å². The van der Waals surface area contributed by atoms with Crippen molar-refractivity contribution in [2.24, 2.45) is 41.2 Å². The number of aliphatic carboxylic acids is 2. The van der Waals surface area contributed by atoms with Gasteiger partial charge in [0.25, 0.3) is 5.91 Å². The molecule has 0 spiro atoms. The van der Waals surface area contributed by atoms with Gasteiger partial charge in [0.1, 0.15) is 55.4 Å². The number of esters is 2. The van der Waals surface area contributed by atoms with E-state index in [0.29, 0.717) is 69.8 Å². The molecule has 1 saturated carbocycles. The second kappa shape index (κ2) is 38.7. The SMILES string of the molecule is CO[C@H]1C[C@@H]2CC[C@@H](C)[C@@](O)(O2)C(O)C(=O)N2CCCC[C@H]2C(=O)O[C@H]([C@H](C)C[C@@H]2CC[C@@H](OCCOC(=O)CSC[C@H](NC(=O)CC[C@H](N)C(=O)O)C(=O)NCC(=O)O)[C@H](OC)C2)CC(=O)[C@H](C)/C=C(\C)[C@@H](O)[C@@H](OC)C(=O)[C@H](C)C[C@H](C)/C=C/C=C/C=C/1C. The average molecular weight is 1310 g/mol. The van der Waals surface area contributed by atoms with Crippen molar-refractivity contribution in [3.63, 3.8) is 0 Å². The number of methoxy groups -OCH3 is 3. The van der Waals surface area contributed by atoms with Gasteiger partial charge in [-0.25, -0.2) is 4.79 Å². The molecule has 18 atom stereocenters. The van der Waals surface area contributed by atoms with Crippen LogP contribution in [0, 0.1) is 35.5 Å². The lowest BCUT2D eigenvalue weighted by atomic mass is 9.78. The summed E-state index contributed by atoms with van der Waals surface area (Å²) in [6.07, 6.45) is 7.90. The first-order valence-electron chi connectivity index (χ1n) is 31.8. The number of allylic oxidation sites excluding steroid dienone is 6. The molecule has 25 nitrogen and oxygen atoms in total. The zero-order valence-corrected chi connectivity index (χ0v) is 55.4. The summed E-state index contributed by atoms with van der Waals surface area (Å²) in [7, 11) is 4.47. The van der Waals surface area contributed by atoms with Crippen LogP contribution in [0.5, 0.6) is 0 Å². The van der Waals surface area contributed by atoms with E-state index < -0.39 is 145 Å². The van der Waals surface area contributed by atoms with Crippen molar-refractivity contribution < 1.29 is 102 Å². The van der Waals surface area contributed by atoms with Crippen LogP contribution < -0.4 is 16.4 Å². The lowest BCUT2D eigenvalue weighted by Crippen LogP contribution is -2.63. The molecular weight excluding hydrogens is 1200 g/mol. The van der Waals surface area contributed by atoms with Crippen LogP contribution in [0.1, 0.15) is 138 Å². The Morgan fingerprint density at radius 2 is 1.59 bits per heavy atom. The highest BCUT2D eigenvalue weighted by molar-refractivity contribution is 8.00. The van der Waals surface area contributed by atoms with Gasteiger partial charge in [0.2, 0.25) is 17.6 Å². The third-order valence-corrected chi connectivity index (χ3v) is 18.9. The number of carbonyl (C=O) groups is 9. The normalized spacial score (nSPS) is 33.5. The third kappa shape index (κ3) is 24.5. The number of hydrogen-bond donors (Lipinski definition) is 8. The van der Waals surface area contributed by atoms with Crippen molar-refractivity contribution >= 4 is 64.9 Å². The summed E-state index contributed by atoms with van der Waals surface area (Å²) in [5.41, 5.74) is 6.68. The zero-order valence-electron chi connectivity index (χ0n) is 54.6. The molecule has 0 aromatic carbocycles. The summed E-state index contributed by atoms with van der Waals surface area (Å²) in [6, 6.07) is -3.74. The highest BCUT2D eigenvalue weighted by Crippen LogP contribution is 2.39. The molecule has 4 aliphatic rings. The molecule has 26 heteroatoms. The van der Waals surface area contributed by atoms with Crippen molar-refractivity contribution in [2.75, 3.05) is 59.1 Å². The van der Waals surface area contributed by atoms with E-state index in [1.54, 1.807) is 48.0 Å². The molecule has 0 aromatic rings. The van der Waals surface area contributed by atoms with Crippen LogP contribution in [0.25, 0.3) is 0 Å². The van der Waals surface area contributed by atoms with Crippen LogP contribution in [-0.2, 0) is 76.3 Å². The maximum absolute atomic E-state index is 14.7. The lowest BCUT2D eigenvalue weighted by Gasteiger charge is -2.46. The molecule has 2 bridgehead atoms. The number of piperidine rings is 1. The number of fused-ring (bicyclic) bond motifs is 3. The molecule has 1 aliphatic carbocycles. The number of thioether (sulfide) groups is 1. The second-order valence-corrected chi connectivity index (χ2v) is 26.1. The molecule has 9 N–H and O–H groups in total. The summed E-state index contributed by atoms with van der Waals surface area (Å²) in [5.74, 6) is -12.3. The molecular formula is C65H102N4O21S. The Hall–Kier alpha value is -5.42. The molecule has 3 aliphatic heterocycles. The Morgan fingerprint density at radius 1 is 0.868 bits per heavy atom. The Labute approximate surface area is 539 Å². The number of ether oxygens (including phenoxy) is 7. The maximum Gasteiger partial charge on any atom is 0.329 e. The number of Topliss-reactive ketones (excluding diaryl/α,β-unsaturated/α-hetero) is 2. The van der Waals surface area contributed by atoms with Gasteiger partial charge < -0.3 is 80.0 Å². The summed E-state index contributed by atoms with van der Waals surface area (Å²) >= 11 is 0.941. The minimum absolute atomic E-state index is 0.00663. The number of carboxylic acid groups (broad SMARTS) is 2. The number of rotatable bonds is 22. The fourth-order valence-corrected chi connectivity index (χ4v) is 13.1. The summed E-state index contributed by atoms with van der Waals surface area (Å²) in [5, 5.41) is 58.3. The number of nitrogens with one attached hydrogen (secondary N) is 2. The molecule has 0 aromatic heterocycles. The van der Waals surface area contributed by atoms with Gasteiger partial charge in [-0.2, -0.15) is 0 Å². The topological polar surface area (TPSA) is 373 Å². The Morgan fingerprint density at radius 3 is 2.26 bits per heavy atom. The number of nitrogens with zero attached hydrogens (tertiary/aromatic N) is 1. The molecule has 0 radical (unpaired) electrons. The molecule has 91 heavy (non-hydrogen) atoms. The van der Waals surface area contributed by atoms with Gasteiger partial charge in [-0.1, -0.05) is 71.1 Å². The van der Waals surface area contributed by atoms with E-state index in [0.717, 1.165) is 17.3 Å². The van der Waals surface area contributed by atoms with E-state index >= 15 is 0 Å². The van der Waals surface area contributed by atoms with Gasteiger partial charge in [-0.3, -0.25) is 38.4 Å². The van der Waals surface area contributed by atoms with Gasteiger partial charge in [0.15, 0.2) is 11.9 Å². The predicted molar refractivity (Wildman–Crippen MR) is 336 cm³/mol. The molecule has 514 valence electrons. The minimum atomic E-state index is -2.30. The van der Waals surface area contributed by atoms with Gasteiger partial charge >= 0.3 is 23.9 Å². The molecule has 3 fully saturated rings. The van der Waals surface area contributed by atoms with E-state index in [2.05, 4.69) is 10.6 Å². The quantitative estimate of drug-likeness (QED) is 0.0429. The Balaban J connectivity index is 1.51. The van der Waals surface area contributed by atoms with Gasteiger partial charge in [0, 0.05) is 70.6 Å². The second-order valence-electron chi connectivity index (χ2n) is 25.0. The van der Waals surface area contributed by atoms with E-state index in [1.165, 1.54) is 12.0 Å². The number of carboxylic acids is 2. The van der Waals surface area contributed by atoms with Crippen molar-refractivity contribution in [3.8, 4) is 0 Å². The van der Waals surface area contributed by atoms with E-state index in [9.17, 15) is 58.5 Å². The highest BCUT2D eigenvalue weighted by Gasteiger charge is 2.53. The highest BCUT2D eigenvalue weighted by atomic mass is 32.2. The van der Waals surface area contributed by atoms with Gasteiger partial charge in [-0.15, -0.1) is 11.8 Å². The summed E-state index contributed by atoms with van der Waals surface area (Å²) in [6.45, 7) is 11.8. The number of nitrogens with two attached hydrogens (primary N) is 1. The number of amides is 3. The smallest absolute Gasteiger partial charge is 0.329 e.